The molecule has 1 aliphatic rings. The van der Waals surface area contributed by atoms with Crippen LogP contribution in [0.1, 0.15) is 19.3 Å². The van der Waals surface area contributed by atoms with Crippen LogP contribution < -0.4 is 15.8 Å². The molecule has 92 valence electrons. The summed E-state index contributed by atoms with van der Waals surface area (Å²) in [4.78, 5) is 11.4. The number of anilines is 1. The van der Waals surface area contributed by atoms with Crippen molar-refractivity contribution in [2.45, 2.75) is 25.3 Å². The van der Waals surface area contributed by atoms with Crippen molar-refractivity contribution in [3.8, 4) is 5.75 Å². The van der Waals surface area contributed by atoms with E-state index in [9.17, 15) is 4.79 Å². The molecule has 0 aromatic heterocycles. The first kappa shape index (κ1) is 12.0. The topological polar surface area (TPSA) is 64.3 Å². The largest absolute Gasteiger partial charge is 0.491 e. The zero-order valence-corrected chi connectivity index (χ0v) is 10.2. The van der Waals surface area contributed by atoms with Crippen molar-refractivity contribution in [2.75, 3.05) is 12.3 Å². The minimum absolute atomic E-state index is 0.0214. The van der Waals surface area contributed by atoms with E-state index in [0.29, 0.717) is 35.5 Å². The van der Waals surface area contributed by atoms with E-state index in [1.165, 1.54) is 0 Å². The molecule has 0 aliphatic heterocycles. The van der Waals surface area contributed by atoms with Crippen LogP contribution in [0.3, 0.4) is 0 Å². The first-order valence-corrected chi connectivity index (χ1v) is 6.00. The first-order valence-electron chi connectivity index (χ1n) is 5.62. The minimum Gasteiger partial charge on any atom is -0.491 e. The summed E-state index contributed by atoms with van der Waals surface area (Å²) < 4.78 is 5.42. The number of benzene rings is 1. The maximum absolute atomic E-state index is 11.4. The van der Waals surface area contributed by atoms with E-state index in [-0.39, 0.29) is 5.91 Å². The molecule has 1 saturated carbocycles. The number of nitrogen functional groups attached to an aromatic ring is 1. The van der Waals surface area contributed by atoms with Gasteiger partial charge in [0.25, 0.3) is 0 Å². The molecule has 5 heteroatoms. The predicted octanol–water partition coefficient (Wildman–Crippen LogP) is 1.97. The molecule has 0 saturated heterocycles. The van der Waals surface area contributed by atoms with Crippen molar-refractivity contribution in [1.82, 2.24) is 5.32 Å². The zero-order valence-electron chi connectivity index (χ0n) is 9.41. The van der Waals surface area contributed by atoms with Gasteiger partial charge in [-0.25, -0.2) is 0 Å². The van der Waals surface area contributed by atoms with Crippen LogP contribution in [0.2, 0.25) is 5.02 Å². The van der Waals surface area contributed by atoms with Crippen LogP contribution in [0, 0.1) is 0 Å². The number of ether oxygens (including phenoxy) is 1. The van der Waals surface area contributed by atoms with Crippen molar-refractivity contribution in [3.05, 3.63) is 23.2 Å². The highest BCUT2D eigenvalue weighted by molar-refractivity contribution is 6.30. The molecule has 0 bridgehead atoms. The average molecular weight is 255 g/mol. The summed E-state index contributed by atoms with van der Waals surface area (Å²) in [5.41, 5.74) is 6.24. The van der Waals surface area contributed by atoms with Gasteiger partial charge in [-0.2, -0.15) is 0 Å². The van der Waals surface area contributed by atoms with E-state index in [1.54, 1.807) is 18.2 Å². The van der Waals surface area contributed by atoms with Gasteiger partial charge in [0.15, 0.2) is 0 Å². The summed E-state index contributed by atoms with van der Waals surface area (Å²) in [5, 5.41) is 3.46. The molecule has 2 rings (SSSR count). The van der Waals surface area contributed by atoms with Crippen LogP contribution in [0.25, 0.3) is 0 Å². The average Bonchev–Trinajstić information content (AvgIpc) is 3.07. The molecule has 1 aromatic rings. The quantitative estimate of drug-likeness (QED) is 0.790. The first-order chi connectivity index (χ1) is 8.15. The second kappa shape index (κ2) is 5.27. The van der Waals surface area contributed by atoms with Crippen LogP contribution in [0.15, 0.2) is 18.2 Å². The summed E-state index contributed by atoms with van der Waals surface area (Å²) >= 11 is 5.82. The molecule has 1 fully saturated rings. The van der Waals surface area contributed by atoms with Gasteiger partial charge < -0.3 is 15.8 Å². The Hall–Kier alpha value is -1.42. The van der Waals surface area contributed by atoms with Crippen LogP contribution in [0.5, 0.6) is 5.75 Å². The van der Waals surface area contributed by atoms with E-state index in [2.05, 4.69) is 5.32 Å². The molecule has 0 unspecified atom stereocenters. The molecule has 3 N–H and O–H groups in total. The number of carbonyl (C=O) groups excluding carboxylic acids is 1. The number of rotatable bonds is 5. The lowest BCUT2D eigenvalue weighted by molar-refractivity contribution is -0.121. The predicted molar refractivity (Wildman–Crippen MR) is 67.1 cm³/mol. The Bertz CT molecular complexity index is 419. The summed E-state index contributed by atoms with van der Waals surface area (Å²) in [6, 6.07) is 5.42. The Labute approximate surface area is 105 Å². The Kier molecular flexibility index (Phi) is 3.74. The highest BCUT2D eigenvalue weighted by Crippen LogP contribution is 2.25. The monoisotopic (exact) mass is 254 g/mol. The van der Waals surface area contributed by atoms with E-state index in [1.807, 2.05) is 0 Å². The fourth-order valence-corrected chi connectivity index (χ4v) is 1.58. The molecule has 0 radical (unpaired) electrons. The number of hydrogen-bond acceptors (Lipinski definition) is 3. The smallest absolute Gasteiger partial charge is 0.223 e. The third kappa shape index (κ3) is 3.82. The molecule has 17 heavy (non-hydrogen) atoms. The third-order valence-corrected chi connectivity index (χ3v) is 2.74. The SMILES string of the molecule is Nc1ccc(Cl)cc1OCCC(=O)NC1CC1. The standard InChI is InChI=1S/C12H15ClN2O2/c13-8-1-4-10(14)11(7-8)17-6-5-12(16)15-9-2-3-9/h1,4,7,9H,2-3,5-6,14H2,(H,15,16). The maximum atomic E-state index is 11.4. The Morgan fingerprint density at radius 3 is 3.00 bits per heavy atom. The fraction of sp³-hybridized carbons (Fsp3) is 0.417. The molecular weight excluding hydrogens is 240 g/mol. The van der Waals surface area contributed by atoms with Gasteiger partial charge in [0.05, 0.1) is 18.7 Å². The van der Waals surface area contributed by atoms with Gasteiger partial charge in [-0.15, -0.1) is 0 Å². The van der Waals surface area contributed by atoms with Crippen LogP contribution in [-0.4, -0.2) is 18.6 Å². The molecule has 1 aromatic carbocycles. The Morgan fingerprint density at radius 1 is 1.53 bits per heavy atom. The lowest BCUT2D eigenvalue weighted by Crippen LogP contribution is -2.26. The molecule has 0 atom stereocenters. The Morgan fingerprint density at radius 2 is 2.29 bits per heavy atom. The highest BCUT2D eigenvalue weighted by atomic mass is 35.5. The number of amides is 1. The molecule has 0 heterocycles. The number of halogens is 1. The lowest BCUT2D eigenvalue weighted by Gasteiger charge is -2.09. The van der Waals surface area contributed by atoms with Gasteiger partial charge in [0.1, 0.15) is 5.75 Å². The lowest BCUT2D eigenvalue weighted by atomic mass is 10.3. The van der Waals surface area contributed by atoms with Crippen molar-refractivity contribution in [2.24, 2.45) is 0 Å². The second-order valence-corrected chi connectivity index (χ2v) is 4.56. The summed E-state index contributed by atoms with van der Waals surface area (Å²) in [6.07, 6.45) is 2.52. The van der Waals surface area contributed by atoms with Crippen LogP contribution in [-0.2, 0) is 4.79 Å². The van der Waals surface area contributed by atoms with Crippen molar-refractivity contribution < 1.29 is 9.53 Å². The molecular formula is C12H15ClN2O2. The number of nitrogens with one attached hydrogen (secondary N) is 1. The number of hydrogen-bond donors (Lipinski definition) is 2. The van der Waals surface area contributed by atoms with Crippen molar-refractivity contribution in [3.63, 3.8) is 0 Å². The summed E-state index contributed by atoms with van der Waals surface area (Å²) in [6.45, 7) is 0.309. The number of carbonyl (C=O) groups is 1. The van der Waals surface area contributed by atoms with Crippen molar-refractivity contribution >= 4 is 23.2 Å². The van der Waals surface area contributed by atoms with Crippen LogP contribution in [0.4, 0.5) is 5.69 Å². The van der Waals surface area contributed by atoms with Crippen LogP contribution >= 0.6 is 11.6 Å². The van der Waals surface area contributed by atoms with E-state index < -0.39 is 0 Å². The van der Waals surface area contributed by atoms with E-state index in [4.69, 9.17) is 22.1 Å². The van der Waals surface area contributed by atoms with E-state index in [0.717, 1.165) is 12.8 Å². The highest BCUT2D eigenvalue weighted by Gasteiger charge is 2.22. The summed E-state index contributed by atoms with van der Waals surface area (Å²) in [5.74, 6) is 0.546. The van der Waals surface area contributed by atoms with Gasteiger partial charge in [-0.3, -0.25) is 4.79 Å². The van der Waals surface area contributed by atoms with Gasteiger partial charge in [0.2, 0.25) is 5.91 Å². The maximum Gasteiger partial charge on any atom is 0.223 e. The second-order valence-electron chi connectivity index (χ2n) is 4.12. The fourth-order valence-electron chi connectivity index (χ4n) is 1.41. The normalized spacial score (nSPS) is 14.4. The zero-order chi connectivity index (χ0) is 12.3. The van der Waals surface area contributed by atoms with Gasteiger partial charge in [0, 0.05) is 17.1 Å². The van der Waals surface area contributed by atoms with Crippen molar-refractivity contribution in [1.29, 1.82) is 0 Å². The Balaban J connectivity index is 1.76. The van der Waals surface area contributed by atoms with Gasteiger partial charge in [-0.05, 0) is 25.0 Å². The minimum atomic E-state index is 0.0214. The summed E-state index contributed by atoms with van der Waals surface area (Å²) in [7, 11) is 0. The third-order valence-electron chi connectivity index (χ3n) is 2.50. The molecule has 0 spiro atoms. The number of nitrogens with two attached hydrogens (primary N) is 1. The van der Waals surface area contributed by atoms with Gasteiger partial charge in [-0.1, -0.05) is 11.6 Å². The molecule has 1 amide bonds. The van der Waals surface area contributed by atoms with E-state index >= 15 is 0 Å². The van der Waals surface area contributed by atoms with Gasteiger partial charge >= 0.3 is 0 Å². The molecule has 1 aliphatic carbocycles. The molecule has 4 nitrogen and oxygen atoms in total.